The summed E-state index contributed by atoms with van der Waals surface area (Å²) in [6.07, 6.45) is 3.21. The molecule has 4 heteroatoms. The van der Waals surface area contributed by atoms with Crippen LogP contribution in [0.4, 0.5) is 0 Å². The van der Waals surface area contributed by atoms with Crippen molar-refractivity contribution in [1.82, 2.24) is 5.32 Å². The van der Waals surface area contributed by atoms with E-state index in [2.05, 4.69) is 17.4 Å². The minimum atomic E-state index is -0.706. The number of aryl methyl sites for hydroxylation is 1. The van der Waals surface area contributed by atoms with Crippen molar-refractivity contribution in [2.45, 2.75) is 44.7 Å². The van der Waals surface area contributed by atoms with Gasteiger partial charge in [-0.05, 0) is 56.4 Å². The lowest BCUT2D eigenvalue weighted by Crippen LogP contribution is -2.52. The van der Waals surface area contributed by atoms with Crippen LogP contribution in [-0.4, -0.2) is 18.6 Å². The lowest BCUT2D eigenvalue weighted by molar-refractivity contribution is -0.123. The SMILES string of the molecule is COc1ccc2c(c1)C(NC(C)(C)C(N)=O)CCC2. The third-order valence-corrected chi connectivity index (χ3v) is 3.82. The first kappa shape index (κ1) is 13.9. The zero-order chi connectivity index (χ0) is 14.0. The third-order valence-electron chi connectivity index (χ3n) is 3.82. The Hall–Kier alpha value is -1.55. The van der Waals surface area contributed by atoms with Gasteiger partial charge >= 0.3 is 0 Å². The quantitative estimate of drug-likeness (QED) is 0.871. The number of fused-ring (bicyclic) bond motifs is 1. The standard InChI is InChI=1S/C15H22N2O2/c1-15(2,14(16)18)17-13-6-4-5-10-7-8-11(19-3)9-12(10)13/h7-9,13,17H,4-6H2,1-3H3,(H2,16,18). The van der Waals surface area contributed by atoms with E-state index in [0.717, 1.165) is 25.0 Å². The average molecular weight is 262 g/mol. The molecule has 0 aromatic heterocycles. The van der Waals surface area contributed by atoms with Gasteiger partial charge in [-0.3, -0.25) is 10.1 Å². The summed E-state index contributed by atoms with van der Waals surface area (Å²) in [6, 6.07) is 6.31. The monoisotopic (exact) mass is 262 g/mol. The van der Waals surface area contributed by atoms with Gasteiger partial charge in [-0.1, -0.05) is 6.07 Å². The second-order valence-electron chi connectivity index (χ2n) is 5.64. The summed E-state index contributed by atoms with van der Waals surface area (Å²) in [5.74, 6) is 0.520. The minimum Gasteiger partial charge on any atom is -0.497 e. The number of ether oxygens (including phenoxy) is 1. The number of benzene rings is 1. The van der Waals surface area contributed by atoms with Crippen LogP contribution in [-0.2, 0) is 11.2 Å². The number of nitrogens with two attached hydrogens (primary N) is 1. The number of nitrogens with one attached hydrogen (secondary N) is 1. The Morgan fingerprint density at radius 1 is 1.47 bits per heavy atom. The first-order valence-corrected chi connectivity index (χ1v) is 6.68. The molecule has 1 aliphatic carbocycles. The van der Waals surface area contributed by atoms with Gasteiger partial charge in [-0.25, -0.2) is 0 Å². The number of hydrogen-bond acceptors (Lipinski definition) is 3. The van der Waals surface area contributed by atoms with Crippen molar-refractivity contribution < 1.29 is 9.53 Å². The molecule has 2 rings (SSSR count). The summed E-state index contributed by atoms with van der Waals surface area (Å²) >= 11 is 0. The maximum absolute atomic E-state index is 11.5. The largest absolute Gasteiger partial charge is 0.497 e. The fourth-order valence-corrected chi connectivity index (χ4v) is 2.56. The number of carbonyl (C=O) groups is 1. The lowest BCUT2D eigenvalue weighted by atomic mass is 9.86. The van der Waals surface area contributed by atoms with Gasteiger partial charge in [-0.2, -0.15) is 0 Å². The van der Waals surface area contributed by atoms with Crippen LogP contribution in [0.25, 0.3) is 0 Å². The Morgan fingerprint density at radius 3 is 2.84 bits per heavy atom. The first-order valence-electron chi connectivity index (χ1n) is 6.68. The lowest BCUT2D eigenvalue weighted by Gasteiger charge is -2.33. The number of methoxy groups -OCH3 is 1. The number of rotatable bonds is 4. The average Bonchev–Trinajstić information content (AvgIpc) is 2.38. The van der Waals surface area contributed by atoms with Crippen LogP contribution in [0.3, 0.4) is 0 Å². The molecule has 1 unspecified atom stereocenters. The molecule has 1 aromatic carbocycles. The normalized spacial score (nSPS) is 18.8. The zero-order valence-electron chi connectivity index (χ0n) is 11.8. The van der Waals surface area contributed by atoms with Crippen molar-refractivity contribution in [2.75, 3.05) is 7.11 Å². The molecule has 1 amide bonds. The molecule has 19 heavy (non-hydrogen) atoms. The second kappa shape index (κ2) is 5.21. The molecule has 0 aliphatic heterocycles. The summed E-state index contributed by atoms with van der Waals surface area (Å²) in [6.45, 7) is 3.65. The van der Waals surface area contributed by atoms with Crippen molar-refractivity contribution in [1.29, 1.82) is 0 Å². The van der Waals surface area contributed by atoms with Gasteiger partial charge in [0.1, 0.15) is 5.75 Å². The summed E-state index contributed by atoms with van der Waals surface area (Å²) in [7, 11) is 1.67. The second-order valence-corrected chi connectivity index (χ2v) is 5.64. The van der Waals surface area contributed by atoms with E-state index >= 15 is 0 Å². The molecule has 1 aromatic rings. The molecular formula is C15H22N2O2. The maximum atomic E-state index is 11.5. The van der Waals surface area contributed by atoms with E-state index in [4.69, 9.17) is 10.5 Å². The summed E-state index contributed by atoms with van der Waals surface area (Å²) in [4.78, 5) is 11.5. The molecule has 0 saturated carbocycles. The van der Waals surface area contributed by atoms with Gasteiger partial charge in [0.05, 0.1) is 12.6 Å². The highest BCUT2D eigenvalue weighted by Crippen LogP contribution is 2.33. The molecule has 0 fully saturated rings. The Labute approximate surface area is 114 Å². The van der Waals surface area contributed by atoms with E-state index in [1.54, 1.807) is 7.11 Å². The first-order chi connectivity index (χ1) is 8.94. The highest BCUT2D eigenvalue weighted by Gasteiger charge is 2.30. The highest BCUT2D eigenvalue weighted by molar-refractivity contribution is 5.83. The Balaban J connectivity index is 2.28. The molecule has 0 heterocycles. The molecule has 0 bridgehead atoms. The van der Waals surface area contributed by atoms with Crippen molar-refractivity contribution in [2.24, 2.45) is 5.73 Å². The van der Waals surface area contributed by atoms with Gasteiger partial charge in [-0.15, -0.1) is 0 Å². The van der Waals surface area contributed by atoms with E-state index in [0.29, 0.717) is 0 Å². The Bertz CT molecular complexity index is 483. The molecule has 4 nitrogen and oxygen atoms in total. The summed E-state index contributed by atoms with van der Waals surface area (Å²) in [5.41, 5.74) is 7.28. The number of carbonyl (C=O) groups excluding carboxylic acids is 1. The fourth-order valence-electron chi connectivity index (χ4n) is 2.56. The molecular weight excluding hydrogens is 240 g/mol. The Kier molecular flexibility index (Phi) is 3.80. The van der Waals surface area contributed by atoms with E-state index < -0.39 is 5.54 Å². The van der Waals surface area contributed by atoms with Crippen molar-refractivity contribution in [3.8, 4) is 5.75 Å². The van der Waals surface area contributed by atoms with Crippen LogP contribution in [0.15, 0.2) is 18.2 Å². The highest BCUT2D eigenvalue weighted by atomic mass is 16.5. The smallest absolute Gasteiger partial charge is 0.237 e. The topological polar surface area (TPSA) is 64.3 Å². The summed E-state index contributed by atoms with van der Waals surface area (Å²) < 4.78 is 5.29. The zero-order valence-corrected chi connectivity index (χ0v) is 11.8. The predicted molar refractivity (Wildman–Crippen MR) is 75.1 cm³/mol. The van der Waals surface area contributed by atoms with E-state index in [9.17, 15) is 4.79 Å². The molecule has 0 spiro atoms. The van der Waals surface area contributed by atoms with Gasteiger partial charge in [0.2, 0.25) is 5.91 Å². The van der Waals surface area contributed by atoms with Crippen molar-refractivity contribution in [3.63, 3.8) is 0 Å². The number of amides is 1. The predicted octanol–water partition coefficient (Wildman–Crippen LogP) is 1.93. The molecule has 1 atom stereocenters. The minimum absolute atomic E-state index is 0.154. The molecule has 104 valence electrons. The third kappa shape index (κ3) is 2.89. The molecule has 3 N–H and O–H groups in total. The van der Waals surface area contributed by atoms with E-state index in [1.807, 2.05) is 19.9 Å². The van der Waals surface area contributed by atoms with Crippen LogP contribution in [0.5, 0.6) is 5.75 Å². The molecule has 0 saturated heterocycles. The van der Waals surface area contributed by atoms with Gasteiger partial charge in [0, 0.05) is 6.04 Å². The van der Waals surface area contributed by atoms with Crippen LogP contribution < -0.4 is 15.8 Å². The van der Waals surface area contributed by atoms with Gasteiger partial charge < -0.3 is 10.5 Å². The fraction of sp³-hybridized carbons (Fsp3) is 0.533. The van der Waals surface area contributed by atoms with Crippen LogP contribution in [0, 0.1) is 0 Å². The van der Waals surface area contributed by atoms with E-state index in [-0.39, 0.29) is 11.9 Å². The van der Waals surface area contributed by atoms with Gasteiger partial charge in [0.25, 0.3) is 0 Å². The molecule has 0 radical (unpaired) electrons. The van der Waals surface area contributed by atoms with Crippen LogP contribution in [0.1, 0.15) is 43.9 Å². The Morgan fingerprint density at radius 2 is 2.21 bits per heavy atom. The van der Waals surface area contributed by atoms with Crippen LogP contribution in [0.2, 0.25) is 0 Å². The van der Waals surface area contributed by atoms with Gasteiger partial charge in [0.15, 0.2) is 0 Å². The maximum Gasteiger partial charge on any atom is 0.237 e. The molecule has 1 aliphatic rings. The number of primary amides is 1. The number of hydrogen-bond donors (Lipinski definition) is 2. The van der Waals surface area contributed by atoms with Crippen molar-refractivity contribution >= 4 is 5.91 Å². The summed E-state index contributed by atoms with van der Waals surface area (Å²) in [5, 5.41) is 3.37. The van der Waals surface area contributed by atoms with Crippen LogP contribution >= 0.6 is 0 Å². The van der Waals surface area contributed by atoms with Crippen molar-refractivity contribution in [3.05, 3.63) is 29.3 Å². The van der Waals surface area contributed by atoms with E-state index in [1.165, 1.54) is 11.1 Å².